The molecule has 1 saturated heterocycles. The van der Waals surface area contributed by atoms with Gasteiger partial charge in [-0.25, -0.2) is 4.39 Å². The summed E-state index contributed by atoms with van der Waals surface area (Å²) in [6.45, 7) is 2.44. The van der Waals surface area contributed by atoms with Crippen molar-refractivity contribution in [1.29, 1.82) is 0 Å². The van der Waals surface area contributed by atoms with E-state index in [1.165, 1.54) is 11.0 Å². The summed E-state index contributed by atoms with van der Waals surface area (Å²) >= 11 is 11.4. The molecule has 1 amide bonds. The predicted octanol–water partition coefficient (Wildman–Crippen LogP) is 4.14. The van der Waals surface area contributed by atoms with Gasteiger partial charge >= 0.3 is 0 Å². The summed E-state index contributed by atoms with van der Waals surface area (Å²) in [5, 5.41) is 3.65. The van der Waals surface area contributed by atoms with E-state index in [1.807, 2.05) is 6.92 Å². The van der Waals surface area contributed by atoms with Crippen LogP contribution in [-0.2, 0) is 11.4 Å². The van der Waals surface area contributed by atoms with Crippen molar-refractivity contribution in [2.45, 2.75) is 13.5 Å². The number of halogens is 2. The highest BCUT2D eigenvalue weighted by Gasteiger charge is 2.28. The normalized spacial score (nSPS) is 15.5. The van der Waals surface area contributed by atoms with Gasteiger partial charge < -0.3 is 10.1 Å². The highest BCUT2D eigenvalue weighted by atomic mass is 35.5. The van der Waals surface area contributed by atoms with Crippen molar-refractivity contribution in [2.24, 2.45) is 0 Å². The molecule has 0 saturated carbocycles. The van der Waals surface area contributed by atoms with Gasteiger partial charge in [-0.15, -0.1) is 0 Å². The Hall–Kier alpha value is -2.44. The number of ether oxygens (including phenoxy) is 1. The molecule has 2 aromatic rings. The number of likely N-dealkylation sites (N-methyl/N-ethyl adjacent to an activating group) is 1. The maximum atomic E-state index is 13.6. The van der Waals surface area contributed by atoms with E-state index in [1.54, 1.807) is 42.5 Å². The minimum Gasteiger partial charge on any atom is -0.487 e. The summed E-state index contributed by atoms with van der Waals surface area (Å²) in [6, 6.07) is 11.5. The van der Waals surface area contributed by atoms with Crippen molar-refractivity contribution in [3.8, 4) is 5.75 Å². The van der Waals surface area contributed by atoms with Crippen LogP contribution in [0.25, 0.3) is 6.08 Å². The summed E-state index contributed by atoms with van der Waals surface area (Å²) < 4.78 is 19.2. The largest absolute Gasteiger partial charge is 0.487 e. The third-order valence-corrected chi connectivity index (χ3v) is 4.50. The van der Waals surface area contributed by atoms with Crippen LogP contribution in [0.3, 0.4) is 0 Å². The lowest BCUT2D eigenvalue weighted by Gasteiger charge is -2.10. The molecular formula is C19H16ClFN2O2S. The minimum absolute atomic E-state index is 0.0760. The molecule has 0 aliphatic carbocycles. The Labute approximate surface area is 161 Å². The maximum Gasteiger partial charge on any atom is 0.276 e. The lowest BCUT2D eigenvalue weighted by atomic mass is 10.1. The number of carbonyl (C=O) groups excluding carboxylic acids is 1. The van der Waals surface area contributed by atoms with Crippen molar-refractivity contribution in [3.05, 3.63) is 70.1 Å². The molecule has 0 bridgehead atoms. The van der Waals surface area contributed by atoms with Crippen molar-refractivity contribution in [2.75, 3.05) is 6.54 Å². The highest BCUT2D eigenvalue weighted by Crippen LogP contribution is 2.28. The minimum atomic E-state index is -0.327. The van der Waals surface area contributed by atoms with E-state index in [-0.39, 0.29) is 18.3 Å². The molecule has 2 aromatic carbocycles. The summed E-state index contributed by atoms with van der Waals surface area (Å²) in [6.07, 6.45) is 1.68. The Morgan fingerprint density at radius 3 is 2.73 bits per heavy atom. The van der Waals surface area contributed by atoms with Crippen LogP contribution in [0, 0.1) is 5.82 Å². The second-order valence-electron chi connectivity index (χ2n) is 5.61. The van der Waals surface area contributed by atoms with Gasteiger partial charge in [-0.2, -0.15) is 0 Å². The Morgan fingerprint density at radius 2 is 2.08 bits per heavy atom. The molecule has 7 heteroatoms. The van der Waals surface area contributed by atoms with Crippen molar-refractivity contribution < 1.29 is 13.9 Å². The first kappa shape index (κ1) is 18.4. The SMILES string of the molecule is CCN1C(=O)/C(=C/c2ccc(OCc3ccccc3F)c(Cl)c2)NC1=S. The maximum absolute atomic E-state index is 13.6. The van der Waals surface area contributed by atoms with Gasteiger partial charge in [0.1, 0.15) is 23.9 Å². The third kappa shape index (κ3) is 3.86. The zero-order valence-corrected chi connectivity index (χ0v) is 15.5. The zero-order chi connectivity index (χ0) is 18.7. The van der Waals surface area contributed by atoms with Crippen LogP contribution in [0.4, 0.5) is 4.39 Å². The lowest BCUT2D eigenvalue weighted by Crippen LogP contribution is -2.30. The molecule has 0 spiro atoms. The summed E-state index contributed by atoms with van der Waals surface area (Å²) in [5.74, 6) is -0.0609. The number of rotatable bonds is 5. The zero-order valence-electron chi connectivity index (χ0n) is 14.0. The van der Waals surface area contributed by atoms with Gasteiger partial charge in [0.2, 0.25) is 0 Å². The van der Waals surface area contributed by atoms with E-state index in [2.05, 4.69) is 5.32 Å². The number of carbonyl (C=O) groups is 1. The van der Waals surface area contributed by atoms with E-state index in [0.717, 1.165) is 5.56 Å². The summed E-state index contributed by atoms with van der Waals surface area (Å²) in [4.78, 5) is 13.7. The summed E-state index contributed by atoms with van der Waals surface area (Å²) in [5.41, 5.74) is 1.57. The smallest absolute Gasteiger partial charge is 0.276 e. The molecule has 1 aliphatic rings. The monoisotopic (exact) mass is 390 g/mol. The van der Waals surface area contributed by atoms with Crippen LogP contribution in [-0.4, -0.2) is 22.5 Å². The van der Waals surface area contributed by atoms with Crippen LogP contribution < -0.4 is 10.1 Å². The molecule has 26 heavy (non-hydrogen) atoms. The molecule has 0 radical (unpaired) electrons. The van der Waals surface area contributed by atoms with Gasteiger partial charge in [0.25, 0.3) is 5.91 Å². The number of benzene rings is 2. The second-order valence-corrected chi connectivity index (χ2v) is 6.40. The van der Waals surface area contributed by atoms with Gasteiger partial charge in [0, 0.05) is 12.1 Å². The average molecular weight is 391 g/mol. The standard InChI is InChI=1S/C19H16ClFN2O2S/c1-2-23-18(24)16(22-19(23)26)10-12-7-8-17(14(20)9-12)25-11-13-5-3-4-6-15(13)21/h3-10H,2,11H2,1H3,(H,22,26)/b16-10-. The number of nitrogens with zero attached hydrogens (tertiary/aromatic N) is 1. The molecule has 3 rings (SSSR count). The first-order valence-corrected chi connectivity index (χ1v) is 8.78. The van der Waals surface area contributed by atoms with Crippen LogP contribution in [0.15, 0.2) is 48.2 Å². The van der Waals surface area contributed by atoms with E-state index in [0.29, 0.717) is 33.7 Å². The van der Waals surface area contributed by atoms with Crippen molar-refractivity contribution in [3.63, 3.8) is 0 Å². The first-order valence-electron chi connectivity index (χ1n) is 8.00. The fourth-order valence-corrected chi connectivity index (χ4v) is 3.09. The van der Waals surface area contributed by atoms with Crippen LogP contribution >= 0.6 is 23.8 Å². The highest BCUT2D eigenvalue weighted by molar-refractivity contribution is 7.80. The number of hydrogen-bond acceptors (Lipinski definition) is 3. The fraction of sp³-hybridized carbons (Fsp3) is 0.158. The molecule has 1 heterocycles. The Morgan fingerprint density at radius 1 is 1.31 bits per heavy atom. The Balaban J connectivity index is 1.74. The topological polar surface area (TPSA) is 41.6 Å². The number of amides is 1. The Bertz CT molecular complexity index is 901. The van der Waals surface area contributed by atoms with Crippen LogP contribution in [0.2, 0.25) is 5.02 Å². The quantitative estimate of drug-likeness (QED) is 0.615. The van der Waals surface area contributed by atoms with E-state index in [9.17, 15) is 9.18 Å². The van der Waals surface area contributed by atoms with Crippen LogP contribution in [0.5, 0.6) is 5.75 Å². The number of hydrogen-bond donors (Lipinski definition) is 1. The number of nitrogens with one attached hydrogen (secondary N) is 1. The molecule has 0 atom stereocenters. The van der Waals surface area contributed by atoms with Gasteiger partial charge in [-0.1, -0.05) is 35.9 Å². The molecule has 0 unspecified atom stereocenters. The van der Waals surface area contributed by atoms with E-state index < -0.39 is 0 Å². The van der Waals surface area contributed by atoms with Gasteiger partial charge in [0.15, 0.2) is 5.11 Å². The second kappa shape index (κ2) is 7.85. The van der Waals surface area contributed by atoms with Crippen molar-refractivity contribution >= 4 is 40.9 Å². The summed E-state index contributed by atoms with van der Waals surface area (Å²) in [7, 11) is 0. The van der Waals surface area contributed by atoms with Crippen LogP contribution in [0.1, 0.15) is 18.1 Å². The molecular weight excluding hydrogens is 375 g/mol. The average Bonchev–Trinajstić information content (AvgIpc) is 2.88. The molecule has 134 valence electrons. The molecule has 1 N–H and O–H groups in total. The van der Waals surface area contributed by atoms with E-state index >= 15 is 0 Å². The van der Waals surface area contributed by atoms with E-state index in [4.69, 9.17) is 28.6 Å². The third-order valence-electron chi connectivity index (χ3n) is 3.89. The Kier molecular flexibility index (Phi) is 5.54. The van der Waals surface area contributed by atoms with Crippen molar-refractivity contribution in [1.82, 2.24) is 10.2 Å². The van der Waals surface area contributed by atoms with Gasteiger partial charge in [-0.05, 0) is 49.0 Å². The van der Waals surface area contributed by atoms with Gasteiger partial charge in [0.05, 0.1) is 5.02 Å². The lowest BCUT2D eigenvalue weighted by molar-refractivity contribution is -0.122. The fourth-order valence-electron chi connectivity index (χ4n) is 2.52. The predicted molar refractivity (Wildman–Crippen MR) is 103 cm³/mol. The number of thiocarbonyl (C=S) groups is 1. The molecule has 0 aromatic heterocycles. The molecule has 1 aliphatic heterocycles. The first-order chi connectivity index (χ1) is 12.5. The molecule has 4 nitrogen and oxygen atoms in total. The molecule has 1 fully saturated rings. The van der Waals surface area contributed by atoms with Gasteiger partial charge in [-0.3, -0.25) is 9.69 Å².